The van der Waals surface area contributed by atoms with Crippen LogP contribution in [0.25, 0.3) is 0 Å². The van der Waals surface area contributed by atoms with Gasteiger partial charge in [-0.05, 0) is 30.7 Å². The molecule has 0 aliphatic carbocycles. The SMILES string of the molecule is CCCN(CC(=O)Nc1ccc(C(=O)OC)cc1)C(C)=O. The Balaban J connectivity index is 2.62. The van der Waals surface area contributed by atoms with Crippen molar-refractivity contribution in [2.75, 3.05) is 25.5 Å². The molecule has 0 heterocycles. The first kappa shape index (κ1) is 16.7. The molecular weight excluding hydrogens is 272 g/mol. The van der Waals surface area contributed by atoms with E-state index in [4.69, 9.17) is 0 Å². The van der Waals surface area contributed by atoms with Crippen LogP contribution in [0.2, 0.25) is 0 Å². The summed E-state index contributed by atoms with van der Waals surface area (Å²) >= 11 is 0. The Morgan fingerprint density at radius 2 is 1.81 bits per heavy atom. The summed E-state index contributed by atoms with van der Waals surface area (Å²) in [7, 11) is 1.31. The maximum absolute atomic E-state index is 11.9. The average Bonchev–Trinajstić information content (AvgIpc) is 2.46. The number of hydrogen-bond acceptors (Lipinski definition) is 4. The second-order valence-electron chi connectivity index (χ2n) is 4.56. The number of benzene rings is 1. The van der Waals surface area contributed by atoms with E-state index in [1.807, 2.05) is 6.92 Å². The lowest BCUT2D eigenvalue weighted by Gasteiger charge is -2.19. The lowest BCUT2D eigenvalue weighted by Crippen LogP contribution is -2.37. The summed E-state index contributed by atoms with van der Waals surface area (Å²) < 4.78 is 4.59. The van der Waals surface area contributed by atoms with Gasteiger partial charge in [0.15, 0.2) is 0 Å². The number of amides is 2. The minimum Gasteiger partial charge on any atom is -0.465 e. The molecule has 1 rings (SSSR count). The van der Waals surface area contributed by atoms with Crippen molar-refractivity contribution in [2.24, 2.45) is 0 Å². The van der Waals surface area contributed by atoms with Gasteiger partial charge < -0.3 is 15.0 Å². The topological polar surface area (TPSA) is 75.7 Å². The Kier molecular flexibility index (Phi) is 6.39. The summed E-state index contributed by atoms with van der Waals surface area (Å²) in [6.07, 6.45) is 0.792. The van der Waals surface area contributed by atoms with Crippen LogP contribution in [0, 0.1) is 0 Å². The lowest BCUT2D eigenvalue weighted by atomic mass is 10.2. The van der Waals surface area contributed by atoms with Crippen molar-refractivity contribution >= 4 is 23.5 Å². The number of nitrogens with zero attached hydrogens (tertiary/aromatic N) is 1. The van der Waals surface area contributed by atoms with Gasteiger partial charge in [-0.25, -0.2) is 4.79 Å². The molecule has 0 radical (unpaired) electrons. The van der Waals surface area contributed by atoms with Crippen LogP contribution in [-0.2, 0) is 14.3 Å². The second-order valence-corrected chi connectivity index (χ2v) is 4.56. The minimum atomic E-state index is -0.432. The summed E-state index contributed by atoms with van der Waals surface area (Å²) in [5.74, 6) is -0.837. The van der Waals surface area contributed by atoms with Crippen LogP contribution < -0.4 is 5.32 Å². The van der Waals surface area contributed by atoms with Crippen LogP contribution in [0.5, 0.6) is 0 Å². The number of nitrogens with one attached hydrogen (secondary N) is 1. The fraction of sp³-hybridized carbons (Fsp3) is 0.400. The molecule has 0 aliphatic heterocycles. The molecule has 1 aromatic carbocycles. The largest absolute Gasteiger partial charge is 0.465 e. The minimum absolute atomic E-state index is 0.0158. The van der Waals surface area contributed by atoms with E-state index in [1.54, 1.807) is 24.3 Å². The van der Waals surface area contributed by atoms with Gasteiger partial charge in [-0.3, -0.25) is 9.59 Å². The Hall–Kier alpha value is -2.37. The molecule has 1 N–H and O–H groups in total. The Bertz CT molecular complexity index is 511. The van der Waals surface area contributed by atoms with E-state index in [9.17, 15) is 14.4 Å². The van der Waals surface area contributed by atoms with Gasteiger partial charge in [0, 0.05) is 19.2 Å². The molecule has 0 saturated heterocycles. The third kappa shape index (κ3) is 5.25. The maximum atomic E-state index is 11.9. The highest BCUT2D eigenvalue weighted by Crippen LogP contribution is 2.10. The van der Waals surface area contributed by atoms with Crippen LogP contribution in [0.15, 0.2) is 24.3 Å². The Morgan fingerprint density at radius 3 is 2.29 bits per heavy atom. The van der Waals surface area contributed by atoms with E-state index in [2.05, 4.69) is 10.1 Å². The summed E-state index contributed by atoms with van der Waals surface area (Å²) in [6.45, 7) is 3.94. The highest BCUT2D eigenvalue weighted by Gasteiger charge is 2.13. The van der Waals surface area contributed by atoms with Crippen molar-refractivity contribution in [3.8, 4) is 0 Å². The zero-order valence-electron chi connectivity index (χ0n) is 12.5. The van der Waals surface area contributed by atoms with Gasteiger partial charge in [-0.2, -0.15) is 0 Å². The molecule has 0 unspecified atom stereocenters. The molecule has 0 saturated carbocycles. The van der Waals surface area contributed by atoms with Gasteiger partial charge in [0.1, 0.15) is 0 Å². The van der Waals surface area contributed by atoms with E-state index in [0.717, 1.165) is 6.42 Å². The van der Waals surface area contributed by atoms with E-state index in [0.29, 0.717) is 17.8 Å². The third-order valence-electron chi connectivity index (χ3n) is 2.86. The van der Waals surface area contributed by atoms with Crippen LogP contribution in [-0.4, -0.2) is 42.9 Å². The first-order valence-electron chi connectivity index (χ1n) is 6.71. The van der Waals surface area contributed by atoms with Crippen molar-refractivity contribution in [3.05, 3.63) is 29.8 Å². The first-order chi connectivity index (χ1) is 9.97. The van der Waals surface area contributed by atoms with Crippen LogP contribution in [0.3, 0.4) is 0 Å². The summed E-state index contributed by atoms with van der Waals surface area (Å²) in [5.41, 5.74) is 0.972. The van der Waals surface area contributed by atoms with Gasteiger partial charge in [-0.1, -0.05) is 6.92 Å². The fourth-order valence-corrected chi connectivity index (χ4v) is 1.80. The van der Waals surface area contributed by atoms with Gasteiger partial charge in [-0.15, -0.1) is 0 Å². The molecule has 0 aromatic heterocycles. The number of esters is 1. The van der Waals surface area contributed by atoms with Crippen molar-refractivity contribution in [3.63, 3.8) is 0 Å². The first-order valence-corrected chi connectivity index (χ1v) is 6.71. The highest BCUT2D eigenvalue weighted by atomic mass is 16.5. The molecule has 0 aliphatic rings. The molecule has 0 fully saturated rings. The lowest BCUT2D eigenvalue weighted by molar-refractivity contribution is -0.132. The number of rotatable bonds is 6. The van der Waals surface area contributed by atoms with Gasteiger partial charge in [0.05, 0.1) is 19.2 Å². The van der Waals surface area contributed by atoms with Crippen molar-refractivity contribution in [1.29, 1.82) is 0 Å². The van der Waals surface area contributed by atoms with Crippen LogP contribution >= 0.6 is 0 Å². The monoisotopic (exact) mass is 292 g/mol. The molecule has 0 spiro atoms. The Labute approximate surface area is 124 Å². The molecule has 2 amide bonds. The van der Waals surface area contributed by atoms with Crippen molar-refractivity contribution in [1.82, 2.24) is 4.90 Å². The molecule has 114 valence electrons. The smallest absolute Gasteiger partial charge is 0.337 e. The van der Waals surface area contributed by atoms with Crippen LogP contribution in [0.1, 0.15) is 30.6 Å². The quantitative estimate of drug-likeness (QED) is 0.809. The number of ether oxygens (including phenoxy) is 1. The van der Waals surface area contributed by atoms with Gasteiger partial charge >= 0.3 is 5.97 Å². The fourth-order valence-electron chi connectivity index (χ4n) is 1.80. The summed E-state index contributed by atoms with van der Waals surface area (Å²) in [6, 6.07) is 6.36. The number of hydrogen-bond donors (Lipinski definition) is 1. The van der Waals surface area contributed by atoms with E-state index in [-0.39, 0.29) is 18.4 Å². The summed E-state index contributed by atoms with van der Waals surface area (Å²) in [5, 5.41) is 2.68. The molecule has 1 aromatic rings. The molecule has 0 bridgehead atoms. The summed E-state index contributed by atoms with van der Waals surface area (Å²) in [4.78, 5) is 36.0. The van der Waals surface area contributed by atoms with E-state index < -0.39 is 5.97 Å². The maximum Gasteiger partial charge on any atom is 0.337 e. The van der Waals surface area contributed by atoms with E-state index >= 15 is 0 Å². The third-order valence-corrected chi connectivity index (χ3v) is 2.86. The predicted molar refractivity (Wildman–Crippen MR) is 79.0 cm³/mol. The van der Waals surface area contributed by atoms with Gasteiger partial charge in [0.25, 0.3) is 0 Å². The van der Waals surface area contributed by atoms with Crippen molar-refractivity contribution in [2.45, 2.75) is 20.3 Å². The standard InChI is InChI=1S/C15H20N2O4/c1-4-9-17(11(2)18)10-14(19)16-13-7-5-12(6-8-13)15(20)21-3/h5-8H,4,9-10H2,1-3H3,(H,16,19). The Morgan fingerprint density at radius 1 is 1.19 bits per heavy atom. The number of carbonyl (C=O) groups excluding carboxylic acids is 3. The zero-order chi connectivity index (χ0) is 15.8. The van der Waals surface area contributed by atoms with Gasteiger partial charge in [0.2, 0.25) is 11.8 Å². The molecule has 0 atom stereocenters. The molecule has 21 heavy (non-hydrogen) atoms. The normalized spacial score (nSPS) is 9.86. The second kappa shape index (κ2) is 8.04. The number of carbonyl (C=O) groups is 3. The van der Waals surface area contributed by atoms with E-state index in [1.165, 1.54) is 18.9 Å². The highest BCUT2D eigenvalue weighted by molar-refractivity contribution is 5.95. The average molecular weight is 292 g/mol. The van der Waals surface area contributed by atoms with Crippen molar-refractivity contribution < 1.29 is 19.1 Å². The molecule has 6 nitrogen and oxygen atoms in total. The predicted octanol–water partition coefficient (Wildman–Crippen LogP) is 1.67. The zero-order valence-corrected chi connectivity index (χ0v) is 12.5. The molecular formula is C15H20N2O4. The number of methoxy groups -OCH3 is 1. The van der Waals surface area contributed by atoms with Crippen LogP contribution in [0.4, 0.5) is 5.69 Å². The number of anilines is 1. The molecule has 6 heteroatoms.